The van der Waals surface area contributed by atoms with Gasteiger partial charge in [-0.15, -0.1) is 0 Å². The molecule has 0 unspecified atom stereocenters. The summed E-state index contributed by atoms with van der Waals surface area (Å²) in [4.78, 5) is 3.87. The molecule has 9 heavy (non-hydrogen) atoms. The van der Waals surface area contributed by atoms with Crippen molar-refractivity contribution in [1.29, 1.82) is 0 Å². The molecule has 2 aromatic heterocycles. The van der Waals surface area contributed by atoms with Gasteiger partial charge in [0.25, 0.3) is 0 Å². The van der Waals surface area contributed by atoms with E-state index in [-0.39, 0.29) is 0 Å². The molecule has 0 aliphatic heterocycles. The van der Waals surface area contributed by atoms with E-state index in [2.05, 4.69) is 16.3 Å². The third kappa shape index (κ3) is 0.579. The molecule has 2 rings (SSSR count). The highest BCUT2D eigenvalue weighted by atomic mass is 15.2. The van der Waals surface area contributed by atoms with Crippen molar-refractivity contribution < 1.29 is 0 Å². The topological polar surface area (TPSA) is 30.2 Å². The van der Waals surface area contributed by atoms with Gasteiger partial charge >= 0.3 is 0 Å². The minimum atomic E-state index is 1.02. The van der Waals surface area contributed by atoms with Crippen LogP contribution in [0.3, 0.4) is 0 Å². The summed E-state index contributed by atoms with van der Waals surface area (Å²) < 4.78 is 1.67. The van der Waals surface area contributed by atoms with Crippen LogP contribution in [0, 0.1) is 6.20 Å². The lowest BCUT2D eigenvalue weighted by Crippen LogP contribution is -1.85. The van der Waals surface area contributed by atoms with E-state index in [9.17, 15) is 0 Å². The SMILES string of the molecule is [c]1cc2ccncn2n1. The van der Waals surface area contributed by atoms with E-state index in [1.165, 1.54) is 0 Å². The van der Waals surface area contributed by atoms with Crippen molar-refractivity contribution in [1.82, 2.24) is 14.6 Å². The van der Waals surface area contributed by atoms with Gasteiger partial charge in [-0.25, -0.2) is 9.50 Å². The second-order valence-electron chi connectivity index (χ2n) is 1.72. The van der Waals surface area contributed by atoms with Crippen molar-refractivity contribution in [2.75, 3.05) is 0 Å². The van der Waals surface area contributed by atoms with Crippen molar-refractivity contribution in [2.45, 2.75) is 0 Å². The zero-order chi connectivity index (χ0) is 6.10. The highest BCUT2D eigenvalue weighted by molar-refractivity contribution is 5.42. The average molecular weight is 118 g/mol. The molecule has 2 heterocycles. The zero-order valence-electron chi connectivity index (χ0n) is 4.65. The Hall–Kier alpha value is -1.38. The maximum atomic E-state index is 3.87. The Morgan fingerprint density at radius 2 is 2.56 bits per heavy atom. The summed E-state index contributed by atoms with van der Waals surface area (Å²) in [5.74, 6) is 0. The van der Waals surface area contributed by atoms with Gasteiger partial charge in [0.05, 0.1) is 5.52 Å². The quantitative estimate of drug-likeness (QED) is 0.505. The lowest BCUT2D eigenvalue weighted by atomic mass is 10.5. The van der Waals surface area contributed by atoms with Gasteiger partial charge in [0.1, 0.15) is 12.5 Å². The van der Waals surface area contributed by atoms with Crippen LogP contribution in [0.1, 0.15) is 0 Å². The largest absolute Gasteiger partial charge is 0.245 e. The molecule has 43 valence electrons. The number of fused-ring (bicyclic) bond motifs is 1. The first-order valence-corrected chi connectivity index (χ1v) is 2.62. The van der Waals surface area contributed by atoms with Crippen molar-refractivity contribution >= 4 is 5.52 Å². The number of nitrogens with zero attached hydrogens (tertiary/aromatic N) is 3. The predicted molar refractivity (Wildman–Crippen MR) is 31.8 cm³/mol. The Balaban J connectivity index is 2.95. The molecular weight excluding hydrogens is 114 g/mol. The highest BCUT2D eigenvalue weighted by Gasteiger charge is 1.87. The second-order valence-corrected chi connectivity index (χ2v) is 1.72. The molecule has 0 amide bonds. The minimum absolute atomic E-state index is 1.02. The van der Waals surface area contributed by atoms with Crippen LogP contribution in [-0.2, 0) is 0 Å². The smallest absolute Gasteiger partial charge is 0.117 e. The molecule has 3 nitrogen and oxygen atoms in total. The molecule has 0 saturated heterocycles. The number of aromatic nitrogens is 3. The third-order valence-corrected chi connectivity index (χ3v) is 1.15. The van der Waals surface area contributed by atoms with Gasteiger partial charge in [0.15, 0.2) is 0 Å². The summed E-state index contributed by atoms with van der Waals surface area (Å²) in [6.07, 6.45) is 6.08. The Kier molecular flexibility index (Phi) is 0.773. The van der Waals surface area contributed by atoms with Crippen LogP contribution in [0.25, 0.3) is 5.52 Å². The lowest BCUT2D eigenvalue weighted by Gasteiger charge is -1.85. The normalized spacial score (nSPS) is 10.2. The molecule has 0 atom stereocenters. The van der Waals surface area contributed by atoms with E-state index in [1.807, 2.05) is 12.1 Å². The molecule has 0 N–H and O–H groups in total. The molecule has 2 aromatic rings. The van der Waals surface area contributed by atoms with Crippen LogP contribution in [0.15, 0.2) is 24.7 Å². The molecule has 0 aliphatic rings. The Labute approximate surface area is 52.0 Å². The van der Waals surface area contributed by atoms with Crippen LogP contribution >= 0.6 is 0 Å². The molecule has 0 saturated carbocycles. The van der Waals surface area contributed by atoms with Crippen molar-refractivity contribution in [3.05, 3.63) is 30.9 Å². The first kappa shape index (κ1) is 4.49. The first-order valence-electron chi connectivity index (χ1n) is 2.62. The molecular formula is C6H4N3. The molecule has 0 aliphatic carbocycles. The molecule has 0 aromatic carbocycles. The summed E-state index contributed by atoms with van der Waals surface area (Å²) in [6.45, 7) is 0. The second kappa shape index (κ2) is 1.55. The van der Waals surface area contributed by atoms with Crippen LogP contribution in [0.2, 0.25) is 0 Å². The maximum absolute atomic E-state index is 3.87. The fourth-order valence-electron chi connectivity index (χ4n) is 0.719. The summed E-state index contributed by atoms with van der Waals surface area (Å²) in [5, 5.41) is 3.85. The number of rotatable bonds is 0. The monoisotopic (exact) mass is 118 g/mol. The van der Waals surface area contributed by atoms with E-state index >= 15 is 0 Å². The Morgan fingerprint density at radius 1 is 1.56 bits per heavy atom. The standard InChI is InChI=1S/C6H4N3/c1-3-7-5-9-6(1)2-4-8-9/h1-3,5H. The van der Waals surface area contributed by atoms with Gasteiger partial charge in [-0.3, -0.25) is 0 Å². The fourth-order valence-corrected chi connectivity index (χ4v) is 0.719. The highest BCUT2D eigenvalue weighted by Crippen LogP contribution is 1.95. The summed E-state index contributed by atoms with van der Waals surface area (Å²) in [7, 11) is 0. The number of hydrogen-bond donors (Lipinski definition) is 0. The average Bonchev–Trinajstić information content (AvgIpc) is 2.33. The van der Waals surface area contributed by atoms with Crippen LogP contribution in [0.5, 0.6) is 0 Å². The van der Waals surface area contributed by atoms with E-state index in [4.69, 9.17) is 0 Å². The van der Waals surface area contributed by atoms with E-state index < -0.39 is 0 Å². The van der Waals surface area contributed by atoms with Crippen molar-refractivity contribution in [2.24, 2.45) is 0 Å². The third-order valence-electron chi connectivity index (χ3n) is 1.15. The predicted octanol–water partition coefficient (Wildman–Crippen LogP) is 0.529. The molecule has 3 heteroatoms. The number of hydrogen-bond acceptors (Lipinski definition) is 2. The van der Waals surface area contributed by atoms with Crippen molar-refractivity contribution in [3.63, 3.8) is 0 Å². The molecule has 0 bridgehead atoms. The van der Waals surface area contributed by atoms with Gasteiger partial charge in [-0.05, 0) is 12.1 Å². The van der Waals surface area contributed by atoms with Crippen LogP contribution in [0.4, 0.5) is 0 Å². The van der Waals surface area contributed by atoms with Crippen LogP contribution in [-0.4, -0.2) is 14.6 Å². The molecule has 0 spiro atoms. The van der Waals surface area contributed by atoms with Gasteiger partial charge in [0.2, 0.25) is 0 Å². The van der Waals surface area contributed by atoms with Gasteiger partial charge < -0.3 is 0 Å². The van der Waals surface area contributed by atoms with Crippen molar-refractivity contribution in [3.8, 4) is 0 Å². The summed E-state index contributed by atoms with van der Waals surface area (Å²) in [6, 6.07) is 3.69. The van der Waals surface area contributed by atoms with Gasteiger partial charge in [-0.2, -0.15) is 5.10 Å². The summed E-state index contributed by atoms with van der Waals surface area (Å²) in [5.41, 5.74) is 1.02. The fraction of sp³-hybridized carbons (Fsp3) is 0. The zero-order valence-corrected chi connectivity index (χ0v) is 4.65. The lowest BCUT2D eigenvalue weighted by molar-refractivity contribution is 0.918. The molecule has 1 radical (unpaired) electrons. The maximum Gasteiger partial charge on any atom is 0.117 e. The first-order chi connectivity index (χ1) is 4.47. The van der Waals surface area contributed by atoms with E-state index in [0.29, 0.717) is 0 Å². The van der Waals surface area contributed by atoms with Gasteiger partial charge in [-0.1, -0.05) is 0 Å². The Bertz CT molecular complexity index is 282. The van der Waals surface area contributed by atoms with Gasteiger partial charge in [0, 0.05) is 6.20 Å². The Morgan fingerprint density at radius 3 is 3.44 bits per heavy atom. The van der Waals surface area contributed by atoms with E-state index in [0.717, 1.165) is 5.52 Å². The summed E-state index contributed by atoms with van der Waals surface area (Å²) >= 11 is 0. The molecule has 0 fully saturated rings. The van der Waals surface area contributed by atoms with E-state index in [1.54, 1.807) is 17.0 Å². The minimum Gasteiger partial charge on any atom is -0.245 e. The van der Waals surface area contributed by atoms with Crippen LogP contribution < -0.4 is 0 Å².